The normalized spacial score (nSPS) is 27.4. The molecule has 7 nitrogen and oxygen atoms in total. The van der Waals surface area contributed by atoms with Crippen LogP contribution in [0.3, 0.4) is 0 Å². The van der Waals surface area contributed by atoms with Crippen LogP contribution in [0.15, 0.2) is 78.9 Å². The molecule has 6 rings (SSSR count). The highest BCUT2D eigenvalue weighted by molar-refractivity contribution is 7.99. The summed E-state index contributed by atoms with van der Waals surface area (Å²) in [7, 11) is 0. The summed E-state index contributed by atoms with van der Waals surface area (Å²) in [5.41, 5.74) is 1.58. The Hall–Kier alpha value is -3.49. The maximum absolute atomic E-state index is 14.2. The minimum Gasteiger partial charge on any atom is -0.324 e. The number of amides is 1. The van der Waals surface area contributed by atoms with Crippen LogP contribution in [-0.4, -0.2) is 39.2 Å². The van der Waals surface area contributed by atoms with Crippen molar-refractivity contribution in [2.75, 3.05) is 16.9 Å². The Morgan fingerprint density at radius 3 is 2.62 bits per heavy atom. The van der Waals surface area contributed by atoms with Crippen LogP contribution in [0.1, 0.15) is 27.4 Å². The summed E-state index contributed by atoms with van der Waals surface area (Å²) in [6.45, 7) is 0. The van der Waals surface area contributed by atoms with Gasteiger partial charge in [0.25, 0.3) is 5.69 Å². The molecule has 0 saturated carbocycles. The maximum atomic E-state index is 14.2. The maximum Gasteiger partial charge on any atom is 0.269 e. The number of nitro benzene ring substituents is 1. The van der Waals surface area contributed by atoms with E-state index >= 15 is 0 Å². The zero-order valence-electron chi connectivity index (χ0n) is 18.1. The van der Waals surface area contributed by atoms with E-state index in [0.717, 1.165) is 16.9 Å². The average Bonchev–Trinajstić information content (AvgIpc) is 3.52. The Morgan fingerprint density at radius 1 is 1.06 bits per heavy atom. The summed E-state index contributed by atoms with van der Waals surface area (Å²) >= 11 is 1.72. The highest BCUT2D eigenvalue weighted by Gasteiger charge is 2.69. The molecule has 2 saturated heterocycles. The van der Waals surface area contributed by atoms with Crippen molar-refractivity contribution >= 4 is 34.8 Å². The molecule has 2 fully saturated rings. The number of rotatable bonds is 4. The molecular weight excluding hydrogens is 450 g/mol. The third-order valence-electron chi connectivity index (χ3n) is 7.33. The number of carbonyl (C=O) groups is 2. The largest absolute Gasteiger partial charge is 0.324 e. The Labute approximate surface area is 200 Å². The van der Waals surface area contributed by atoms with Crippen LogP contribution in [0.25, 0.3) is 0 Å². The zero-order chi connectivity index (χ0) is 23.4. The van der Waals surface area contributed by atoms with Gasteiger partial charge in [-0.15, -0.1) is 11.8 Å². The quantitative estimate of drug-likeness (QED) is 0.344. The van der Waals surface area contributed by atoms with E-state index in [-0.39, 0.29) is 29.3 Å². The van der Waals surface area contributed by atoms with Crippen molar-refractivity contribution in [1.82, 2.24) is 4.90 Å². The van der Waals surface area contributed by atoms with Crippen LogP contribution in [0.2, 0.25) is 0 Å². The summed E-state index contributed by atoms with van der Waals surface area (Å²) < 4.78 is 0. The van der Waals surface area contributed by atoms with E-state index in [0.29, 0.717) is 17.1 Å². The Kier molecular flexibility index (Phi) is 4.82. The van der Waals surface area contributed by atoms with Crippen molar-refractivity contribution in [3.63, 3.8) is 0 Å². The molecular formula is C26H21N3O4S. The van der Waals surface area contributed by atoms with Gasteiger partial charge >= 0.3 is 0 Å². The van der Waals surface area contributed by atoms with E-state index in [1.54, 1.807) is 36.0 Å². The van der Waals surface area contributed by atoms with Crippen molar-refractivity contribution in [3.8, 4) is 0 Å². The number of non-ortho nitro benzene ring substituents is 1. The van der Waals surface area contributed by atoms with Crippen LogP contribution in [0.5, 0.6) is 0 Å². The number of nitrogens with zero attached hydrogens (tertiary/aromatic N) is 2. The molecule has 0 bridgehead atoms. The minimum absolute atomic E-state index is 0.0159. The van der Waals surface area contributed by atoms with Gasteiger partial charge in [-0.1, -0.05) is 60.7 Å². The molecule has 0 unspecified atom stereocenters. The molecule has 3 aliphatic heterocycles. The van der Waals surface area contributed by atoms with Gasteiger partial charge in [0.1, 0.15) is 5.54 Å². The topological polar surface area (TPSA) is 92.5 Å². The smallest absolute Gasteiger partial charge is 0.269 e. The molecule has 3 aliphatic rings. The van der Waals surface area contributed by atoms with Crippen LogP contribution in [-0.2, 0) is 10.3 Å². The van der Waals surface area contributed by atoms with Crippen LogP contribution in [0.4, 0.5) is 11.4 Å². The Balaban J connectivity index is 1.62. The van der Waals surface area contributed by atoms with E-state index < -0.39 is 16.4 Å². The number of Topliss-reactive ketones (excluding diaryl/α,β-unsaturated/α-hetero) is 1. The van der Waals surface area contributed by atoms with E-state index in [1.165, 1.54) is 6.07 Å². The fraction of sp³-hybridized carbons (Fsp3) is 0.231. The lowest BCUT2D eigenvalue weighted by atomic mass is 9.69. The van der Waals surface area contributed by atoms with Crippen molar-refractivity contribution in [2.45, 2.75) is 17.5 Å². The third kappa shape index (κ3) is 2.82. The molecule has 1 amide bonds. The summed E-state index contributed by atoms with van der Waals surface area (Å²) in [6, 6.07) is 23.0. The van der Waals surface area contributed by atoms with Crippen molar-refractivity contribution in [3.05, 3.63) is 106 Å². The van der Waals surface area contributed by atoms with Gasteiger partial charge in [0, 0.05) is 52.5 Å². The predicted octanol–water partition coefficient (Wildman–Crippen LogP) is 4.41. The summed E-state index contributed by atoms with van der Waals surface area (Å²) in [5.74, 6) is -0.0859. The van der Waals surface area contributed by atoms with Gasteiger partial charge in [-0.25, -0.2) is 0 Å². The molecule has 170 valence electrons. The van der Waals surface area contributed by atoms with Crippen molar-refractivity contribution in [1.29, 1.82) is 0 Å². The number of hydrogen-bond acceptors (Lipinski definition) is 6. The number of hydrogen-bond donors (Lipinski definition) is 1. The van der Waals surface area contributed by atoms with Crippen LogP contribution >= 0.6 is 11.8 Å². The lowest BCUT2D eigenvalue weighted by Crippen LogP contribution is -2.52. The summed E-state index contributed by atoms with van der Waals surface area (Å²) in [5, 5.41) is 14.6. The van der Waals surface area contributed by atoms with E-state index in [4.69, 9.17) is 0 Å². The molecule has 1 spiro atoms. The molecule has 0 radical (unpaired) electrons. The first-order valence-corrected chi connectivity index (χ1v) is 12.3. The Morgan fingerprint density at radius 2 is 1.82 bits per heavy atom. The first kappa shape index (κ1) is 21.1. The first-order chi connectivity index (χ1) is 16.5. The third-order valence-corrected chi connectivity index (χ3v) is 8.37. The van der Waals surface area contributed by atoms with Gasteiger partial charge in [0.2, 0.25) is 5.91 Å². The van der Waals surface area contributed by atoms with E-state index in [9.17, 15) is 19.7 Å². The second kappa shape index (κ2) is 7.78. The molecule has 3 aromatic carbocycles. The van der Waals surface area contributed by atoms with Gasteiger partial charge in [-0.05, 0) is 11.6 Å². The highest BCUT2D eigenvalue weighted by atomic mass is 32.2. The molecule has 0 aliphatic carbocycles. The highest BCUT2D eigenvalue weighted by Crippen LogP contribution is 2.61. The lowest BCUT2D eigenvalue weighted by molar-refractivity contribution is -0.384. The molecule has 3 aromatic rings. The van der Waals surface area contributed by atoms with Gasteiger partial charge < -0.3 is 5.32 Å². The number of anilines is 1. The summed E-state index contributed by atoms with van der Waals surface area (Å²) in [6.07, 6.45) is 0. The standard InChI is InChI=1S/C26H21N3O4S/c30-24(16-7-2-1-3-8-16)23-22(17-9-6-10-18(13-17)29(32)33)21-14-34-15-28(21)26(23)19-11-4-5-12-20(19)27-25(26)31/h1-13,21-23H,14-15H2,(H,27,31)/t21-,22+,23+,26-/m1/s1. The number of carbonyl (C=O) groups excluding carboxylic acids is 2. The molecule has 4 atom stereocenters. The van der Waals surface area contributed by atoms with Crippen LogP contribution < -0.4 is 5.32 Å². The summed E-state index contributed by atoms with van der Waals surface area (Å²) in [4.78, 5) is 41.4. The monoisotopic (exact) mass is 471 g/mol. The van der Waals surface area contributed by atoms with Crippen molar-refractivity contribution in [2.24, 2.45) is 5.92 Å². The zero-order valence-corrected chi connectivity index (χ0v) is 18.9. The number of para-hydroxylation sites is 1. The minimum atomic E-state index is -1.17. The molecule has 0 aromatic heterocycles. The number of fused-ring (bicyclic) bond motifs is 4. The Bertz CT molecular complexity index is 1330. The molecule has 8 heteroatoms. The van der Waals surface area contributed by atoms with Gasteiger partial charge in [-0.2, -0.15) is 0 Å². The van der Waals surface area contributed by atoms with Gasteiger partial charge in [0.15, 0.2) is 5.78 Å². The van der Waals surface area contributed by atoms with Gasteiger partial charge in [-0.3, -0.25) is 24.6 Å². The van der Waals surface area contributed by atoms with Crippen molar-refractivity contribution < 1.29 is 14.5 Å². The van der Waals surface area contributed by atoms with Gasteiger partial charge in [0.05, 0.1) is 10.8 Å². The number of thioether (sulfide) groups is 1. The fourth-order valence-electron chi connectivity index (χ4n) is 6.03. The fourth-order valence-corrected chi connectivity index (χ4v) is 7.36. The lowest BCUT2D eigenvalue weighted by Gasteiger charge is -2.36. The SMILES string of the molecule is O=C(c1ccccc1)[C@@H]1[C@@H](c2cccc([N+](=O)[O-])c2)[C@H]2CSCN2[C@@]12C(=O)Nc1ccccc12. The van der Waals surface area contributed by atoms with E-state index in [1.807, 2.05) is 48.5 Å². The number of benzene rings is 3. The number of nitrogens with one attached hydrogen (secondary N) is 1. The number of nitro groups is 1. The molecule has 1 N–H and O–H groups in total. The second-order valence-corrected chi connectivity index (χ2v) is 9.89. The van der Waals surface area contributed by atoms with Crippen LogP contribution in [0, 0.1) is 16.0 Å². The number of ketones is 1. The van der Waals surface area contributed by atoms with E-state index in [2.05, 4.69) is 10.2 Å². The average molecular weight is 472 g/mol. The second-order valence-electron chi connectivity index (χ2n) is 8.89. The predicted molar refractivity (Wildman–Crippen MR) is 130 cm³/mol. The first-order valence-electron chi connectivity index (χ1n) is 11.1. The molecule has 3 heterocycles. The molecule has 34 heavy (non-hydrogen) atoms.